The van der Waals surface area contributed by atoms with Gasteiger partial charge in [-0.3, -0.25) is 0 Å². The average Bonchev–Trinajstić information content (AvgIpc) is 2.98. The number of ether oxygens (including phenoxy) is 1. The second-order valence-corrected chi connectivity index (χ2v) is 7.77. The van der Waals surface area contributed by atoms with Crippen molar-refractivity contribution in [2.45, 2.75) is 30.7 Å². The maximum Gasteiger partial charge on any atom is 0.244 e. The van der Waals surface area contributed by atoms with Gasteiger partial charge in [0.05, 0.1) is 7.11 Å². The number of benzene rings is 1. The summed E-state index contributed by atoms with van der Waals surface area (Å²) in [7, 11) is -2.01. The molecule has 1 saturated heterocycles. The van der Waals surface area contributed by atoms with E-state index in [1.807, 2.05) is 6.92 Å². The normalized spacial score (nSPS) is 18.3. The fourth-order valence-electron chi connectivity index (χ4n) is 2.54. The minimum absolute atomic E-state index is 0. The van der Waals surface area contributed by atoms with Crippen molar-refractivity contribution in [2.75, 3.05) is 26.7 Å². The smallest absolute Gasteiger partial charge is 0.244 e. The first-order chi connectivity index (χ1) is 10.0. The van der Waals surface area contributed by atoms with Gasteiger partial charge in [-0.05, 0) is 47.4 Å². The maximum absolute atomic E-state index is 13.0. The van der Waals surface area contributed by atoms with E-state index >= 15 is 0 Å². The van der Waals surface area contributed by atoms with Crippen molar-refractivity contribution in [3.63, 3.8) is 0 Å². The zero-order valence-electron chi connectivity index (χ0n) is 12.7. The molecule has 8 heteroatoms. The molecule has 1 fully saturated rings. The number of hydrogen-bond acceptors (Lipinski definition) is 4. The summed E-state index contributed by atoms with van der Waals surface area (Å²) in [6.45, 7) is 4.09. The summed E-state index contributed by atoms with van der Waals surface area (Å²) >= 11 is 3.35. The first-order valence-corrected chi connectivity index (χ1v) is 9.30. The van der Waals surface area contributed by atoms with Crippen molar-refractivity contribution in [3.05, 3.63) is 22.7 Å². The van der Waals surface area contributed by atoms with Crippen molar-refractivity contribution in [1.82, 2.24) is 9.62 Å². The lowest BCUT2D eigenvalue weighted by atomic mass is 10.2. The number of hydrogen-bond donors (Lipinski definition) is 1. The molecule has 0 aromatic heterocycles. The van der Waals surface area contributed by atoms with Gasteiger partial charge in [-0.1, -0.05) is 6.92 Å². The van der Waals surface area contributed by atoms with Crippen molar-refractivity contribution >= 4 is 38.4 Å². The van der Waals surface area contributed by atoms with E-state index in [9.17, 15) is 8.42 Å². The van der Waals surface area contributed by atoms with Gasteiger partial charge in [0.25, 0.3) is 0 Å². The lowest BCUT2D eigenvalue weighted by molar-refractivity contribution is 0.334. The van der Waals surface area contributed by atoms with Crippen LogP contribution in [0.5, 0.6) is 5.75 Å². The van der Waals surface area contributed by atoms with Gasteiger partial charge in [-0.25, -0.2) is 8.42 Å². The molecule has 22 heavy (non-hydrogen) atoms. The highest BCUT2D eigenvalue weighted by atomic mass is 79.9. The van der Waals surface area contributed by atoms with E-state index in [0.717, 1.165) is 19.4 Å². The Labute approximate surface area is 147 Å². The predicted molar refractivity (Wildman–Crippen MR) is 93.4 cm³/mol. The van der Waals surface area contributed by atoms with Crippen LogP contribution in [0.25, 0.3) is 0 Å². The molecule has 1 atom stereocenters. The second kappa shape index (κ2) is 8.49. The summed E-state index contributed by atoms with van der Waals surface area (Å²) in [6.07, 6.45) is 1.64. The lowest BCUT2D eigenvalue weighted by Crippen LogP contribution is -2.42. The highest BCUT2D eigenvalue weighted by Crippen LogP contribution is 2.30. The van der Waals surface area contributed by atoms with E-state index in [0.29, 0.717) is 23.3 Å². The Morgan fingerprint density at radius 3 is 2.73 bits per heavy atom. The molecule has 1 aromatic carbocycles. The number of rotatable bonds is 6. The molecule has 1 aliphatic heterocycles. The van der Waals surface area contributed by atoms with Gasteiger partial charge in [-0.2, -0.15) is 4.31 Å². The molecular formula is C14H22BrClN2O3S. The van der Waals surface area contributed by atoms with Gasteiger partial charge < -0.3 is 10.1 Å². The minimum atomic E-state index is -3.54. The van der Waals surface area contributed by atoms with Crippen molar-refractivity contribution in [1.29, 1.82) is 0 Å². The third kappa shape index (κ3) is 4.14. The van der Waals surface area contributed by atoms with Gasteiger partial charge in [0, 0.05) is 29.7 Å². The number of sulfonamides is 1. The molecule has 1 unspecified atom stereocenters. The number of halogens is 2. The largest absolute Gasteiger partial charge is 0.497 e. The molecule has 1 aliphatic rings. The van der Waals surface area contributed by atoms with E-state index in [4.69, 9.17) is 4.74 Å². The molecule has 126 valence electrons. The van der Waals surface area contributed by atoms with E-state index in [2.05, 4.69) is 21.2 Å². The third-order valence-electron chi connectivity index (χ3n) is 3.61. The molecule has 2 rings (SSSR count). The number of methoxy groups -OCH3 is 1. The third-order valence-corrected chi connectivity index (χ3v) is 6.56. The van der Waals surface area contributed by atoms with Crippen LogP contribution in [0, 0.1) is 0 Å². The van der Waals surface area contributed by atoms with Crippen LogP contribution in [-0.2, 0) is 10.0 Å². The Kier molecular flexibility index (Phi) is 7.61. The van der Waals surface area contributed by atoms with Gasteiger partial charge in [-0.15, -0.1) is 12.4 Å². The molecule has 1 N–H and O–H groups in total. The molecule has 0 amide bonds. The number of nitrogens with one attached hydrogen (secondary N) is 1. The second-order valence-electron chi connectivity index (χ2n) is 5.06. The van der Waals surface area contributed by atoms with E-state index in [1.165, 1.54) is 7.11 Å². The zero-order valence-corrected chi connectivity index (χ0v) is 15.9. The van der Waals surface area contributed by atoms with Crippen molar-refractivity contribution in [2.24, 2.45) is 0 Å². The first kappa shape index (κ1) is 19.7. The van der Waals surface area contributed by atoms with Crippen LogP contribution in [0.1, 0.15) is 19.8 Å². The summed E-state index contributed by atoms with van der Waals surface area (Å²) in [5.74, 6) is 0.540. The Bertz CT molecular complexity index is 592. The monoisotopic (exact) mass is 412 g/mol. The fraction of sp³-hybridized carbons (Fsp3) is 0.571. The molecule has 0 spiro atoms. The lowest BCUT2D eigenvalue weighted by Gasteiger charge is -2.27. The Hall–Kier alpha value is -0.340. The maximum atomic E-state index is 13.0. The average molecular weight is 414 g/mol. The summed E-state index contributed by atoms with van der Waals surface area (Å²) in [5.41, 5.74) is 0. The van der Waals surface area contributed by atoms with E-state index in [-0.39, 0.29) is 23.3 Å². The SMILES string of the molecule is CCCN(C1CCNC1)S(=O)(=O)c1cc(OC)ccc1Br.Cl. The van der Waals surface area contributed by atoms with Crippen LogP contribution in [-0.4, -0.2) is 45.5 Å². The van der Waals surface area contributed by atoms with Crippen LogP contribution in [0.3, 0.4) is 0 Å². The summed E-state index contributed by atoms with van der Waals surface area (Å²) in [4.78, 5) is 0.266. The minimum Gasteiger partial charge on any atom is -0.497 e. The molecule has 1 aromatic rings. The van der Waals surface area contributed by atoms with Crippen LogP contribution >= 0.6 is 28.3 Å². The Balaban J connectivity index is 0.00000242. The van der Waals surface area contributed by atoms with Crippen LogP contribution in [0.15, 0.2) is 27.6 Å². The molecule has 0 aliphatic carbocycles. The Morgan fingerprint density at radius 1 is 1.45 bits per heavy atom. The van der Waals surface area contributed by atoms with Crippen LogP contribution in [0.4, 0.5) is 0 Å². The molecule has 0 radical (unpaired) electrons. The first-order valence-electron chi connectivity index (χ1n) is 7.06. The summed E-state index contributed by atoms with van der Waals surface area (Å²) < 4.78 is 33.4. The quantitative estimate of drug-likeness (QED) is 0.779. The zero-order chi connectivity index (χ0) is 15.5. The van der Waals surface area contributed by atoms with Gasteiger partial charge in [0.2, 0.25) is 10.0 Å². The van der Waals surface area contributed by atoms with Crippen molar-refractivity contribution in [3.8, 4) is 5.75 Å². The molecule has 0 saturated carbocycles. The number of nitrogens with zero attached hydrogens (tertiary/aromatic N) is 1. The molecule has 1 heterocycles. The molecule has 0 bridgehead atoms. The van der Waals surface area contributed by atoms with Crippen molar-refractivity contribution < 1.29 is 13.2 Å². The predicted octanol–water partition coefficient (Wildman–Crippen LogP) is 2.64. The van der Waals surface area contributed by atoms with Crippen LogP contribution in [0.2, 0.25) is 0 Å². The van der Waals surface area contributed by atoms with E-state index < -0.39 is 10.0 Å². The highest BCUT2D eigenvalue weighted by Gasteiger charge is 2.33. The van der Waals surface area contributed by atoms with Gasteiger partial charge in [0.1, 0.15) is 10.6 Å². The highest BCUT2D eigenvalue weighted by molar-refractivity contribution is 9.10. The van der Waals surface area contributed by atoms with Crippen LogP contribution < -0.4 is 10.1 Å². The van der Waals surface area contributed by atoms with E-state index in [1.54, 1.807) is 22.5 Å². The fourth-order valence-corrected chi connectivity index (χ4v) is 5.23. The Morgan fingerprint density at radius 2 is 2.18 bits per heavy atom. The summed E-state index contributed by atoms with van der Waals surface area (Å²) in [6, 6.07) is 5.05. The molecular weight excluding hydrogens is 392 g/mol. The summed E-state index contributed by atoms with van der Waals surface area (Å²) in [5, 5.41) is 3.23. The topological polar surface area (TPSA) is 58.6 Å². The molecule has 5 nitrogen and oxygen atoms in total. The standard InChI is InChI=1S/C14H21BrN2O3S.ClH/c1-3-8-17(11-6-7-16-10-11)21(18,19)14-9-12(20-2)4-5-13(14)15;/h4-5,9,11,16H,3,6-8,10H2,1-2H3;1H. The van der Waals surface area contributed by atoms with Gasteiger partial charge >= 0.3 is 0 Å². The van der Waals surface area contributed by atoms with Gasteiger partial charge in [0.15, 0.2) is 0 Å².